The number of rotatable bonds is 3. The topological polar surface area (TPSA) is 32.7 Å². The second-order valence-electron chi connectivity index (χ2n) is 4.85. The molecular formula is C11H21NO2. The van der Waals surface area contributed by atoms with Crippen molar-refractivity contribution in [3.8, 4) is 0 Å². The van der Waals surface area contributed by atoms with E-state index in [2.05, 4.69) is 11.8 Å². The SMILES string of the molecule is CCOC1(C)CN([C@H]2CCC[C@@H]2O)C1. The number of nitrogens with zero attached hydrogens (tertiary/aromatic N) is 1. The Morgan fingerprint density at radius 3 is 2.64 bits per heavy atom. The quantitative estimate of drug-likeness (QED) is 0.736. The molecule has 2 aliphatic rings. The first kappa shape index (κ1) is 10.4. The summed E-state index contributed by atoms with van der Waals surface area (Å²) in [4.78, 5) is 2.37. The molecule has 0 radical (unpaired) electrons. The number of aliphatic hydroxyl groups is 1. The molecule has 0 aromatic heterocycles. The normalized spacial score (nSPS) is 37.1. The minimum absolute atomic E-state index is 0.0526. The molecule has 1 heterocycles. The molecule has 3 heteroatoms. The Kier molecular flexibility index (Phi) is 2.82. The molecule has 3 nitrogen and oxygen atoms in total. The zero-order valence-electron chi connectivity index (χ0n) is 9.20. The van der Waals surface area contributed by atoms with E-state index in [4.69, 9.17) is 4.74 Å². The van der Waals surface area contributed by atoms with Crippen molar-refractivity contribution in [2.75, 3.05) is 19.7 Å². The van der Waals surface area contributed by atoms with Crippen molar-refractivity contribution in [1.82, 2.24) is 4.90 Å². The molecule has 2 rings (SSSR count). The third-order valence-corrected chi connectivity index (χ3v) is 3.48. The van der Waals surface area contributed by atoms with E-state index in [1.807, 2.05) is 6.92 Å². The summed E-state index contributed by atoms with van der Waals surface area (Å²) in [6, 6.07) is 0.406. The molecule has 1 aliphatic heterocycles. The lowest BCUT2D eigenvalue weighted by molar-refractivity contribution is -0.150. The highest BCUT2D eigenvalue weighted by Crippen LogP contribution is 2.33. The zero-order valence-corrected chi connectivity index (χ0v) is 9.20. The van der Waals surface area contributed by atoms with Crippen LogP contribution in [0.2, 0.25) is 0 Å². The molecule has 2 atom stereocenters. The Morgan fingerprint density at radius 1 is 1.43 bits per heavy atom. The van der Waals surface area contributed by atoms with Crippen LogP contribution in [0.1, 0.15) is 33.1 Å². The molecule has 1 saturated carbocycles. The van der Waals surface area contributed by atoms with Crippen molar-refractivity contribution in [2.24, 2.45) is 0 Å². The van der Waals surface area contributed by atoms with E-state index in [1.165, 1.54) is 6.42 Å². The molecule has 0 amide bonds. The van der Waals surface area contributed by atoms with Gasteiger partial charge in [-0.15, -0.1) is 0 Å². The van der Waals surface area contributed by atoms with Crippen LogP contribution in [0.25, 0.3) is 0 Å². The summed E-state index contributed by atoms with van der Waals surface area (Å²) in [6.45, 7) is 6.97. The van der Waals surface area contributed by atoms with E-state index >= 15 is 0 Å². The van der Waals surface area contributed by atoms with Gasteiger partial charge in [0.1, 0.15) is 0 Å². The highest BCUT2D eigenvalue weighted by atomic mass is 16.5. The largest absolute Gasteiger partial charge is 0.391 e. The maximum atomic E-state index is 9.74. The van der Waals surface area contributed by atoms with Crippen molar-refractivity contribution in [1.29, 1.82) is 0 Å². The summed E-state index contributed by atoms with van der Waals surface area (Å²) >= 11 is 0. The molecule has 0 bridgehead atoms. The summed E-state index contributed by atoms with van der Waals surface area (Å²) in [5, 5.41) is 9.74. The summed E-state index contributed by atoms with van der Waals surface area (Å²) in [5.41, 5.74) is 0.0526. The lowest BCUT2D eigenvalue weighted by Crippen LogP contribution is -2.65. The number of likely N-dealkylation sites (tertiary alicyclic amines) is 1. The number of aliphatic hydroxyl groups excluding tert-OH is 1. The molecule has 1 aliphatic carbocycles. The highest BCUT2D eigenvalue weighted by Gasteiger charge is 2.45. The van der Waals surface area contributed by atoms with Gasteiger partial charge >= 0.3 is 0 Å². The predicted octanol–water partition coefficient (Wildman–Crippen LogP) is 1.01. The number of hydrogen-bond donors (Lipinski definition) is 1. The average molecular weight is 199 g/mol. The Morgan fingerprint density at radius 2 is 2.14 bits per heavy atom. The molecule has 1 N–H and O–H groups in total. The lowest BCUT2D eigenvalue weighted by atomic mass is 9.93. The smallest absolute Gasteiger partial charge is 0.0907 e. The maximum absolute atomic E-state index is 9.74. The van der Waals surface area contributed by atoms with Gasteiger partial charge in [0.2, 0.25) is 0 Å². The third kappa shape index (κ3) is 1.81. The van der Waals surface area contributed by atoms with Gasteiger partial charge in [-0.2, -0.15) is 0 Å². The summed E-state index contributed by atoms with van der Waals surface area (Å²) in [6.07, 6.45) is 3.21. The number of hydrogen-bond acceptors (Lipinski definition) is 3. The van der Waals surface area contributed by atoms with Crippen LogP contribution in [0.5, 0.6) is 0 Å². The minimum Gasteiger partial charge on any atom is -0.391 e. The summed E-state index contributed by atoms with van der Waals surface area (Å²) < 4.78 is 5.67. The Bertz CT molecular complexity index is 201. The van der Waals surface area contributed by atoms with Gasteiger partial charge in [0.15, 0.2) is 0 Å². The van der Waals surface area contributed by atoms with E-state index in [9.17, 15) is 5.11 Å². The third-order valence-electron chi connectivity index (χ3n) is 3.48. The zero-order chi connectivity index (χ0) is 10.2. The average Bonchev–Trinajstić information content (AvgIpc) is 2.47. The van der Waals surface area contributed by atoms with E-state index < -0.39 is 0 Å². The van der Waals surface area contributed by atoms with Crippen LogP contribution in [0.4, 0.5) is 0 Å². The van der Waals surface area contributed by atoms with Crippen molar-refractivity contribution in [3.63, 3.8) is 0 Å². The van der Waals surface area contributed by atoms with E-state index in [-0.39, 0.29) is 11.7 Å². The molecule has 1 saturated heterocycles. The van der Waals surface area contributed by atoms with Crippen LogP contribution in [-0.4, -0.2) is 47.4 Å². The van der Waals surface area contributed by atoms with Gasteiger partial charge in [0.05, 0.1) is 11.7 Å². The Hall–Kier alpha value is -0.120. The first-order valence-electron chi connectivity index (χ1n) is 5.71. The van der Waals surface area contributed by atoms with Gasteiger partial charge in [-0.3, -0.25) is 4.90 Å². The fourth-order valence-corrected chi connectivity index (χ4v) is 2.83. The van der Waals surface area contributed by atoms with Crippen LogP contribution in [0.3, 0.4) is 0 Å². The highest BCUT2D eigenvalue weighted by molar-refractivity contribution is 4.99. The van der Waals surface area contributed by atoms with Gasteiger partial charge in [0, 0.05) is 25.7 Å². The van der Waals surface area contributed by atoms with Gasteiger partial charge in [0.25, 0.3) is 0 Å². The van der Waals surface area contributed by atoms with Crippen molar-refractivity contribution in [2.45, 2.75) is 50.9 Å². The van der Waals surface area contributed by atoms with Gasteiger partial charge in [-0.25, -0.2) is 0 Å². The van der Waals surface area contributed by atoms with Gasteiger partial charge in [-0.05, 0) is 33.1 Å². The van der Waals surface area contributed by atoms with E-state index in [1.54, 1.807) is 0 Å². The second-order valence-corrected chi connectivity index (χ2v) is 4.85. The first-order valence-corrected chi connectivity index (χ1v) is 5.71. The Balaban J connectivity index is 1.81. The molecule has 14 heavy (non-hydrogen) atoms. The fourth-order valence-electron chi connectivity index (χ4n) is 2.83. The van der Waals surface area contributed by atoms with Crippen LogP contribution >= 0.6 is 0 Å². The van der Waals surface area contributed by atoms with E-state index in [0.29, 0.717) is 6.04 Å². The maximum Gasteiger partial charge on any atom is 0.0907 e. The summed E-state index contributed by atoms with van der Waals surface area (Å²) in [7, 11) is 0. The first-order chi connectivity index (χ1) is 6.64. The molecule has 0 unspecified atom stereocenters. The molecule has 0 aromatic carbocycles. The standard InChI is InChI=1S/C11H21NO2/c1-3-14-11(2)7-12(8-11)9-5-4-6-10(9)13/h9-10,13H,3-8H2,1-2H3/t9-,10-/m0/s1. The molecule has 2 fully saturated rings. The second kappa shape index (κ2) is 3.80. The van der Waals surface area contributed by atoms with Gasteiger partial charge in [-0.1, -0.05) is 0 Å². The van der Waals surface area contributed by atoms with Crippen LogP contribution in [0, 0.1) is 0 Å². The Labute approximate surface area is 86.0 Å². The van der Waals surface area contributed by atoms with Crippen LogP contribution in [-0.2, 0) is 4.74 Å². The van der Waals surface area contributed by atoms with Crippen molar-refractivity contribution in [3.05, 3.63) is 0 Å². The van der Waals surface area contributed by atoms with Crippen LogP contribution < -0.4 is 0 Å². The van der Waals surface area contributed by atoms with Gasteiger partial charge < -0.3 is 9.84 Å². The number of ether oxygens (including phenoxy) is 1. The van der Waals surface area contributed by atoms with Crippen LogP contribution in [0.15, 0.2) is 0 Å². The lowest BCUT2D eigenvalue weighted by Gasteiger charge is -2.51. The monoisotopic (exact) mass is 199 g/mol. The molecule has 0 aromatic rings. The fraction of sp³-hybridized carbons (Fsp3) is 1.00. The van der Waals surface area contributed by atoms with Crippen molar-refractivity contribution >= 4 is 0 Å². The molecule has 82 valence electrons. The van der Waals surface area contributed by atoms with E-state index in [0.717, 1.165) is 32.5 Å². The minimum atomic E-state index is -0.0961. The molecule has 0 spiro atoms. The summed E-state index contributed by atoms with van der Waals surface area (Å²) in [5.74, 6) is 0. The molecular weight excluding hydrogens is 178 g/mol. The predicted molar refractivity (Wildman–Crippen MR) is 55.2 cm³/mol. The van der Waals surface area contributed by atoms with Crippen molar-refractivity contribution < 1.29 is 9.84 Å².